The molecule has 0 aromatic heterocycles. The molecule has 1 heterocycles. The summed E-state index contributed by atoms with van der Waals surface area (Å²) in [6.07, 6.45) is 1.71. The highest BCUT2D eigenvalue weighted by atomic mass is 16.3. The minimum absolute atomic E-state index is 0.0114. The fourth-order valence-electron chi connectivity index (χ4n) is 3.55. The maximum absolute atomic E-state index is 13.0. The first-order valence-electron chi connectivity index (χ1n) is 8.72. The van der Waals surface area contributed by atoms with Crippen LogP contribution in [0.4, 0.5) is 0 Å². The summed E-state index contributed by atoms with van der Waals surface area (Å²) >= 11 is 0. The Labute approximate surface area is 148 Å². The molecular formula is C21H23NO3. The van der Waals surface area contributed by atoms with Gasteiger partial charge in [-0.2, -0.15) is 0 Å². The second kappa shape index (κ2) is 7.62. The van der Waals surface area contributed by atoms with Crippen molar-refractivity contribution in [1.29, 1.82) is 0 Å². The van der Waals surface area contributed by atoms with Gasteiger partial charge in [0.2, 0.25) is 0 Å². The number of ketones is 1. The first-order valence-corrected chi connectivity index (χ1v) is 8.72. The molecule has 2 aromatic rings. The van der Waals surface area contributed by atoms with E-state index in [0.29, 0.717) is 24.1 Å². The minimum Gasteiger partial charge on any atom is -0.388 e. The van der Waals surface area contributed by atoms with Crippen LogP contribution in [-0.4, -0.2) is 34.3 Å². The molecule has 130 valence electrons. The maximum atomic E-state index is 13.0. The van der Waals surface area contributed by atoms with E-state index in [1.165, 1.54) is 6.92 Å². The number of nitrogens with zero attached hydrogens (tertiary/aromatic N) is 1. The Morgan fingerprint density at radius 2 is 1.72 bits per heavy atom. The highest BCUT2D eigenvalue weighted by Gasteiger charge is 2.32. The summed E-state index contributed by atoms with van der Waals surface area (Å²) in [6.45, 7) is 2.14. The van der Waals surface area contributed by atoms with Crippen LogP contribution in [0.1, 0.15) is 58.6 Å². The molecule has 3 rings (SSSR count). The first kappa shape index (κ1) is 17.4. The Bertz CT molecular complexity index is 757. The molecule has 4 heteroatoms. The van der Waals surface area contributed by atoms with Crippen molar-refractivity contribution in [2.45, 2.75) is 38.3 Å². The van der Waals surface area contributed by atoms with Crippen LogP contribution < -0.4 is 0 Å². The standard InChI is InChI=1S/C21H23NO3/c1-15(23)18-11-5-6-12-19(18)21(25)22-13-7-10-17(22)14-20(24)16-8-3-2-4-9-16/h2-6,8-9,11-12,17,20,24H,7,10,13-14H2,1H3. The van der Waals surface area contributed by atoms with E-state index in [1.807, 2.05) is 35.2 Å². The van der Waals surface area contributed by atoms with E-state index in [1.54, 1.807) is 24.3 Å². The third kappa shape index (κ3) is 3.80. The van der Waals surface area contributed by atoms with Gasteiger partial charge in [0.05, 0.1) is 11.7 Å². The molecule has 2 unspecified atom stereocenters. The van der Waals surface area contributed by atoms with Crippen molar-refractivity contribution >= 4 is 11.7 Å². The zero-order chi connectivity index (χ0) is 17.8. The molecular weight excluding hydrogens is 314 g/mol. The van der Waals surface area contributed by atoms with Crippen LogP contribution in [0.15, 0.2) is 54.6 Å². The van der Waals surface area contributed by atoms with E-state index < -0.39 is 6.10 Å². The molecule has 0 radical (unpaired) electrons. The van der Waals surface area contributed by atoms with Crippen LogP contribution in [0.5, 0.6) is 0 Å². The van der Waals surface area contributed by atoms with E-state index in [2.05, 4.69) is 0 Å². The Kier molecular flexibility index (Phi) is 5.29. The van der Waals surface area contributed by atoms with Gasteiger partial charge >= 0.3 is 0 Å². The third-order valence-electron chi connectivity index (χ3n) is 4.85. The van der Waals surface area contributed by atoms with Gasteiger partial charge in [-0.3, -0.25) is 9.59 Å². The summed E-state index contributed by atoms with van der Waals surface area (Å²) in [5, 5.41) is 10.5. The largest absolute Gasteiger partial charge is 0.388 e. The number of rotatable bonds is 5. The Morgan fingerprint density at radius 3 is 2.40 bits per heavy atom. The third-order valence-corrected chi connectivity index (χ3v) is 4.85. The van der Waals surface area contributed by atoms with Crippen molar-refractivity contribution in [3.05, 3.63) is 71.3 Å². The van der Waals surface area contributed by atoms with E-state index in [0.717, 1.165) is 18.4 Å². The average Bonchev–Trinajstić information content (AvgIpc) is 3.09. The van der Waals surface area contributed by atoms with E-state index in [-0.39, 0.29) is 17.7 Å². The van der Waals surface area contributed by atoms with Gasteiger partial charge in [-0.1, -0.05) is 48.5 Å². The van der Waals surface area contributed by atoms with Crippen LogP contribution in [0, 0.1) is 0 Å². The predicted molar refractivity (Wildman–Crippen MR) is 96.5 cm³/mol. The lowest BCUT2D eigenvalue weighted by atomic mass is 9.99. The zero-order valence-electron chi connectivity index (χ0n) is 14.4. The number of amides is 1. The topological polar surface area (TPSA) is 57.6 Å². The lowest BCUT2D eigenvalue weighted by Crippen LogP contribution is -2.37. The lowest BCUT2D eigenvalue weighted by molar-refractivity contribution is 0.0663. The summed E-state index contributed by atoms with van der Waals surface area (Å²) in [5.41, 5.74) is 1.78. The van der Waals surface area contributed by atoms with E-state index >= 15 is 0 Å². The molecule has 25 heavy (non-hydrogen) atoms. The molecule has 0 spiro atoms. The normalized spacial score (nSPS) is 18.2. The molecule has 2 aromatic carbocycles. The average molecular weight is 337 g/mol. The fourth-order valence-corrected chi connectivity index (χ4v) is 3.55. The molecule has 0 saturated carbocycles. The van der Waals surface area contributed by atoms with Gasteiger partial charge in [0.15, 0.2) is 5.78 Å². The summed E-state index contributed by atoms with van der Waals surface area (Å²) < 4.78 is 0. The molecule has 0 aliphatic carbocycles. The highest BCUT2D eigenvalue weighted by molar-refractivity contribution is 6.07. The zero-order valence-corrected chi connectivity index (χ0v) is 14.4. The van der Waals surface area contributed by atoms with Crippen molar-refractivity contribution in [3.8, 4) is 0 Å². The van der Waals surface area contributed by atoms with Gasteiger partial charge in [0.1, 0.15) is 0 Å². The molecule has 1 amide bonds. The second-order valence-electron chi connectivity index (χ2n) is 6.56. The van der Waals surface area contributed by atoms with Crippen molar-refractivity contribution in [1.82, 2.24) is 4.90 Å². The molecule has 1 aliphatic heterocycles. The first-order chi connectivity index (χ1) is 12.1. The van der Waals surface area contributed by atoms with Crippen molar-refractivity contribution in [2.75, 3.05) is 6.54 Å². The van der Waals surface area contributed by atoms with Gasteiger partial charge in [-0.05, 0) is 37.8 Å². The van der Waals surface area contributed by atoms with Crippen LogP contribution in [0.2, 0.25) is 0 Å². The number of benzene rings is 2. The maximum Gasteiger partial charge on any atom is 0.254 e. The number of aliphatic hydroxyl groups is 1. The Hall–Kier alpha value is -2.46. The van der Waals surface area contributed by atoms with Crippen molar-refractivity contribution < 1.29 is 14.7 Å². The van der Waals surface area contributed by atoms with Crippen LogP contribution in [0.3, 0.4) is 0 Å². The second-order valence-corrected chi connectivity index (χ2v) is 6.56. The molecule has 0 bridgehead atoms. The van der Waals surface area contributed by atoms with Gasteiger partial charge < -0.3 is 10.0 Å². The summed E-state index contributed by atoms with van der Waals surface area (Å²) in [4.78, 5) is 26.6. The fraction of sp³-hybridized carbons (Fsp3) is 0.333. The lowest BCUT2D eigenvalue weighted by Gasteiger charge is -2.27. The number of Topliss-reactive ketones (excluding diaryl/α,β-unsaturated/α-hetero) is 1. The molecule has 1 aliphatic rings. The molecule has 1 N–H and O–H groups in total. The number of carbonyl (C=O) groups excluding carboxylic acids is 2. The van der Waals surface area contributed by atoms with Gasteiger partial charge in [-0.25, -0.2) is 0 Å². The summed E-state index contributed by atoms with van der Waals surface area (Å²) in [7, 11) is 0. The van der Waals surface area contributed by atoms with Gasteiger partial charge in [-0.15, -0.1) is 0 Å². The number of hydrogen-bond acceptors (Lipinski definition) is 3. The molecule has 1 saturated heterocycles. The summed E-state index contributed by atoms with van der Waals surface area (Å²) in [6, 6.07) is 16.5. The molecule has 4 nitrogen and oxygen atoms in total. The van der Waals surface area contributed by atoms with Crippen LogP contribution in [-0.2, 0) is 0 Å². The number of likely N-dealkylation sites (tertiary alicyclic amines) is 1. The predicted octanol–water partition coefficient (Wildman–Crippen LogP) is 3.62. The Balaban J connectivity index is 1.78. The number of carbonyl (C=O) groups is 2. The van der Waals surface area contributed by atoms with Crippen LogP contribution >= 0.6 is 0 Å². The van der Waals surface area contributed by atoms with E-state index in [4.69, 9.17) is 0 Å². The number of aliphatic hydroxyl groups excluding tert-OH is 1. The van der Waals surface area contributed by atoms with Crippen molar-refractivity contribution in [2.24, 2.45) is 0 Å². The Morgan fingerprint density at radius 1 is 1.08 bits per heavy atom. The van der Waals surface area contributed by atoms with E-state index in [9.17, 15) is 14.7 Å². The quantitative estimate of drug-likeness (QED) is 0.848. The van der Waals surface area contributed by atoms with Crippen LogP contribution in [0.25, 0.3) is 0 Å². The SMILES string of the molecule is CC(=O)c1ccccc1C(=O)N1CCCC1CC(O)c1ccccc1. The number of hydrogen-bond donors (Lipinski definition) is 1. The smallest absolute Gasteiger partial charge is 0.254 e. The van der Waals surface area contributed by atoms with Gasteiger partial charge in [0.25, 0.3) is 5.91 Å². The molecule has 1 fully saturated rings. The summed E-state index contributed by atoms with van der Waals surface area (Å²) in [5.74, 6) is -0.224. The monoisotopic (exact) mass is 337 g/mol. The highest BCUT2D eigenvalue weighted by Crippen LogP contribution is 2.29. The van der Waals surface area contributed by atoms with Crippen molar-refractivity contribution in [3.63, 3.8) is 0 Å². The molecule has 2 atom stereocenters. The van der Waals surface area contributed by atoms with Gasteiger partial charge in [0, 0.05) is 18.2 Å². The minimum atomic E-state index is -0.595.